The Morgan fingerprint density at radius 2 is 2.11 bits per heavy atom. The van der Waals surface area contributed by atoms with E-state index in [-0.39, 0.29) is 17.1 Å². The number of nitrogens with one attached hydrogen (secondary N) is 1. The third kappa shape index (κ3) is 4.71. The minimum atomic E-state index is -0.217. The number of pyridine rings is 1. The quantitative estimate of drug-likeness (QED) is 0.822. The Morgan fingerprint density at radius 3 is 2.67 bits per heavy atom. The van der Waals surface area contributed by atoms with Crippen LogP contribution in [0.5, 0.6) is 5.75 Å². The predicted molar refractivity (Wildman–Crippen MR) is 70.6 cm³/mol. The van der Waals surface area contributed by atoms with Crippen LogP contribution in [-0.2, 0) is 0 Å². The van der Waals surface area contributed by atoms with E-state index in [9.17, 15) is 9.90 Å². The Morgan fingerprint density at radius 1 is 1.44 bits per heavy atom. The van der Waals surface area contributed by atoms with Crippen molar-refractivity contribution in [3.63, 3.8) is 0 Å². The molecule has 0 saturated carbocycles. The average molecular weight is 251 g/mol. The van der Waals surface area contributed by atoms with Gasteiger partial charge in [0, 0.05) is 19.3 Å². The van der Waals surface area contributed by atoms with Crippen LogP contribution in [0.25, 0.3) is 0 Å². The van der Waals surface area contributed by atoms with Crippen molar-refractivity contribution in [3.05, 3.63) is 24.0 Å². The Kier molecular flexibility index (Phi) is 4.67. The maximum atomic E-state index is 11.9. The van der Waals surface area contributed by atoms with E-state index in [0.29, 0.717) is 12.1 Å². The second kappa shape index (κ2) is 5.82. The number of rotatable bonds is 5. The molecule has 0 saturated heterocycles. The summed E-state index contributed by atoms with van der Waals surface area (Å²) in [7, 11) is 4.01. The van der Waals surface area contributed by atoms with Crippen molar-refractivity contribution in [1.82, 2.24) is 15.2 Å². The van der Waals surface area contributed by atoms with E-state index in [1.54, 1.807) is 0 Å². The number of hydrogen-bond acceptors (Lipinski definition) is 4. The normalized spacial score (nSPS) is 11.6. The topological polar surface area (TPSA) is 65.5 Å². The summed E-state index contributed by atoms with van der Waals surface area (Å²) in [4.78, 5) is 17.7. The van der Waals surface area contributed by atoms with Crippen molar-refractivity contribution in [2.75, 3.05) is 27.2 Å². The summed E-state index contributed by atoms with van der Waals surface area (Å²) in [6.07, 6.45) is 2.74. The van der Waals surface area contributed by atoms with Crippen molar-refractivity contribution in [2.45, 2.75) is 13.8 Å². The first-order valence-electron chi connectivity index (χ1n) is 5.87. The lowest BCUT2D eigenvalue weighted by atomic mass is 9.93. The zero-order chi connectivity index (χ0) is 13.8. The van der Waals surface area contributed by atoms with Gasteiger partial charge in [-0.15, -0.1) is 0 Å². The molecule has 100 valence electrons. The third-order valence-electron chi connectivity index (χ3n) is 2.46. The molecule has 0 fully saturated rings. The fourth-order valence-electron chi connectivity index (χ4n) is 1.89. The van der Waals surface area contributed by atoms with Crippen LogP contribution in [0.3, 0.4) is 0 Å². The van der Waals surface area contributed by atoms with E-state index >= 15 is 0 Å². The van der Waals surface area contributed by atoms with Crippen LogP contribution in [0.2, 0.25) is 0 Å². The lowest BCUT2D eigenvalue weighted by molar-refractivity contribution is 0.0928. The summed E-state index contributed by atoms with van der Waals surface area (Å²) >= 11 is 0. The summed E-state index contributed by atoms with van der Waals surface area (Å²) in [6, 6.07) is 1.40. The molecule has 0 aliphatic carbocycles. The van der Waals surface area contributed by atoms with Gasteiger partial charge >= 0.3 is 0 Å². The summed E-state index contributed by atoms with van der Waals surface area (Å²) in [6.45, 7) is 5.63. The maximum absolute atomic E-state index is 11.9. The van der Waals surface area contributed by atoms with Gasteiger partial charge < -0.3 is 15.3 Å². The SMILES string of the molecule is CN(C)CC(C)(C)CNC(=O)c1cncc(O)c1. The Labute approximate surface area is 108 Å². The smallest absolute Gasteiger partial charge is 0.253 e. The number of carbonyl (C=O) groups is 1. The van der Waals surface area contributed by atoms with Gasteiger partial charge in [-0.25, -0.2) is 0 Å². The molecule has 1 rings (SSSR count). The first-order valence-corrected chi connectivity index (χ1v) is 5.87. The Hall–Kier alpha value is -1.62. The molecule has 0 aliphatic heterocycles. The molecule has 2 N–H and O–H groups in total. The van der Waals surface area contributed by atoms with Gasteiger partial charge in [0.15, 0.2) is 0 Å². The van der Waals surface area contributed by atoms with Crippen molar-refractivity contribution in [1.29, 1.82) is 0 Å². The van der Waals surface area contributed by atoms with Crippen LogP contribution >= 0.6 is 0 Å². The molecule has 0 aromatic carbocycles. The second-order valence-corrected chi connectivity index (χ2v) is 5.52. The molecule has 0 aliphatic rings. The minimum Gasteiger partial charge on any atom is -0.506 e. The van der Waals surface area contributed by atoms with E-state index in [1.807, 2.05) is 14.1 Å². The van der Waals surface area contributed by atoms with E-state index < -0.39 is 0 Å². The number of aromatic hydroxyl groups is 1. The fourth-order valence-corrected chi connectivity index (χ4v) is 1.89. The van der Waals surface area contributed by atoms with Crippen molar-refractivity contribution in [2.24, 2.45) is 5.41 Å². The van der Waals surface area contributed by atoms with Gasteiger partial charge in [-0.3, -0.25) is 9.78 Å². The second-order valence-electron chi connectivity index (χ2n) is 5.52. The molecular weight excluding hydrogens is 230 g/mol. The van der Waals surface area contributed by atoms with Gasteiger partial charge in [0.1, 0.15) is 5.75 Å². The molecule has 1 amide bonds. The Balaban J connectivity index is 2.56. The Bertz CT molecular complexity index is 416. The van der Waals surface area contributed by atoms with Crippen molar-refractivity contribution < 1.29 is 9.90 Å². The maximum Gasteiger partial charge on any atom is 0.253 e. The minimum absolute atomic E-state index is 0.00444. The van der Waals surface area contributed by atoms with Gasteiger partial charge in [0.05, 0.1) is 11.8 Å². The predicted octanol–water partition coefficient (Wildman–Crippen LogP) is 1.10. The highest BCUT2D eigenvalue weighted by Gasteiger charge is 2.20. The zero-order valence-electron chi connectivity index (χ0n) is 11.4. The molecule has 0 unspecified atom stereocenters. The molecule has 1 aromatic heterocycles. The van der Waals surface area contributed by atoms with Crippen LogP contribution in [0.4, 0.5) is 0 Å². The first kappa shape index (κ1) is 14.4. The highest BCUT2D eigenvalue weighted by molar-refractivity contribution is 5.94. The van der Waals surface area contributed by atoms with Gasteiger partial charge in [-0.1, -0.05) is 13.8 Å². The lowest BCUT2D eigenvalue weighted by Crippen LogP contribution is -2.39. The highest BCUT2D eigenvalue weighted by Crippen LogP contribution is 2.15. The molecular formula is C13H21N3O2. The van der Waals surface area contributed by atoms with Gasteiger partial charge in [0.2, 0.25) is 0 Å². The number of aromatic nitrogens is 1. The summed E-state index contributed by atoms with van der Waals surface area (Å²) < 4.78 is 0. The fraction of sp³-hybridized carbons (Fsp3) is 0.538. The summed E-state index contributed by atoms with van der Waals surface area (Å²) in [5, 5.41) is 12.1. The number of nitrogens with zero attached hydrogens (tertiary/aromatic N) is 2. The molecule has 5 nitrogen and oxygen atoms in total. The van der Waals surface area contributed by atoms with Crippen LogP contribution in [0.1, 0.15) is 24.2 Å². The molecule has 1 heterocycles. The van der Waals surface area contributed by atoms with Crippen molar-refractivity contribution in [3.8, 4) is 5.75 Å². The third-order valence-corrected chi connectivity index (χ3v) is 2.46. The number of hydrogen-bond donors (Lipinski definition) is 2. The van der Waals surface area contributed by atoms with Crippen LogP contribution in [0.15, 0.2) is 18.5 Å². The van der Waals surface area contributed by atoms with Gasteiger partial charge in [-0.2, -0.15) is 0 Å². The van der Waals surface area contributed by atoms with Gasteiger partial charge in [-0.05, 0) is 25.6 Å². The first-order chi connectivity index (χ1) is 8.30. The number of carbonyl (C=O) groups excluding carboxylic acids is 1. The summed E-state index contributed by atoms with van der Waals surface area (Å²) in [5.74, 6) is -0.222. The largest absolute Gasteiger partial charge is 0.506 e. The zero-order valence-corrected chi connectivity index (χ0v) is 11.4. The molecule has 0 bridgehead atoms. The average Bonchev–Trinajstić information content (AvgIpc) is 2.24. The van der Waals surface area contributed by atoms with E-state index in [4.69, 9.17) is 0 Å². The molecule has 18 heavy (non-hydrogen) atoms. The standard InChI is InChI=1S/C13H21N3O2/c1-13(2,9-16(3)4)8-15-12(18)10-5-11(17)7-14-6-10/h5-7,17H,8-9H2,1-4H3,(H,15,18). The van der Waals surface area contributed by atoms with E-state index in [2.05, 4.69) is 29.0 Å². The van der Waals surface area contributed by atoms with Crippen LogP contribution in [-0.4, -0.2) is 48.1 Å². The monoisotopic (exact) mass is 251 g/mol. The molecule has 5 heteroatoms. The van der Waals surface area contributed by atoms with E-state index in [0.717, 1.165) is 6.54 Å². The van der Waals surface area contributed by atoms with Crippen molar-refractivity contribution >= 4 is 5.91 Å². The molecule has 0 atom stereocenters. The van der Waals surface area contributed by atoms with Crippen LogP contribution < -0.4 is 5.32 Å². The molecule has 0 spiro atoms. The highest BCUT2D eigenvalue weighted by atomic mass is 16.3. The lowest BCUT2D eigenvalue weighted by Gasteiger charge is -2.28. The molecule has 0 radical (unpaired) electrons. The van der Waals surface area contributed by atoms with E-state index in [1.165, 1.54) is 18.5 Å². The van der Waals surface area contributed by atoms with Gasteiger partial charge in [0.25, 0.3) is 5.91 Å². The number of amides is 1. The summed E-state index contributed by atoms with van der Waals surface area (Å²) in [5.41, 5.74) is 0.360. The molecule has 1 aromatic rings. The van der Waals surface area contributed by atoms with Crippen LogP contribution in [0, 0.1) is 5.41 Å².